The lowest BCUT2D eigenvalue weighted by Gasteiger charge is -2.13. The van der Waals surface area contributed by atoms with E-state index in [4.69, 9.17) is 9.72 Å². The quantitative estimate of drug-likeness (QED) is 0.653. The topological polar surface area (TPSA) is 64.1 Å². The van der Waals surface area contributed by atoms with Crippen molar-refractivity contribution in [3.63, 3.8) is 0 Å². The highest BCUT2D eigenvalue weighted by molar-refractivity contribution is 7.19. The molecule has 136 valence electrons. The predicted octanol–water partition coefficient (Wildman–Crippen LogP) is 4.91. The molecule has 1 aromatic carbocycles. The Morgan fingerprint density at radius 3 is 2.77 bits per heavy atom. The minimum absolute atomic E-state index is 0.119. The molecule has 1 N–H and O–H groups in total. The van der Waals surface area contributed by atoms with E-state index in [0.717, 1.165) is 39.0 Å². The normalized spacial score (nSPS) is 11.0. The smallest absolute Gasteiger partial charge is 0.223 e. The minimum atomic E-state index is -0.119. The Labute approximate surface area is 161 Å². The lowest BCUT2D eigenvalue weighted by atomic mass is 10.1. The number of anilines is 1. The van der Waals surface area contributed by atoms with Crippen molar-refractivity contribution in [1.29, 1.82) is 0 Å². The monoisotopic (exact) mass is 387 g/mol. The number of nitrogens with zero attached hydrogens (tertiary/aromatic N) is 2. The number of nitrogens with one attached hydrogen (secondary N) is 1. The molecule has 0 atom stereocenters. The molecule has 7 heteroatoms. The fraction of sp³-hybridized carbons (Fsp3) is 0.316. The summed E-state index contributed by atoms with van der Waals surface area (Å²) < 4.78 is 5.90. The van der Waals surface area contributed by atoms with Crippen LogP contribution in [0.2, 0.25) is 0 Å². The molecule has 1 amide bonds. The molecule has 3 rings (SSSR count). The summed E-state index contributed by atoms with van der Waals surface area (Å²) in [6.45, 7) is 7.46. The summed E-state index contributed by atoms with van der Waals surface area (Å²) in [7, 11) is 0. The van der Waals surface area contributed by atoms with Crippen LogP contribution >= 0.6 is 22.7 Å². The molecule has 2 heterocycles. The molecule has 3 aromatic rings. The van der Waals surface area contributed by atoms with E-state index in [-0.39, 0.29) is 12.0 Å². The maximum Gasteiger partial charge on any atom is 0.223 e. The van der Waals surface area contributed by atoms with E-state index in [2.05, 4.69) is 16.4 Å². The number of carbonyl (C=O) groups is 1. The van der Waals surface area contributed by atoms with Crippen molar-refractivity contribution in [2.75, 3.05) is 5.32 Å². The maximum atomic E-state index is 11.2. The van der Waals surface area contributed by atoms with Gasteiger partial charge in [-0.1, -0.05) is 29.5 Å². The first-order valence-corrected chi connectivity index (χ1v) is 10.1. The molecule has 5 nitrogen and oxygen atoms in total. The van der Waals surface area contributed by atoms with E-state index in [9.17, 15) is 4.79 Å². The van der Waals surface area contributed by atoms with Crippen molar-refractivity contribution in [3.8, 4) is 16.3 Å². The number of amides is 1. The molecule has 2 aromatic heterocycles. The molecule has 0 radical (unpaired) electrons. The van der Waals surface area contributed by atoms with Crippen molar-refractivity contribution in [2.24, 2.45) is 0 Å². The summed E-state index contributed by atoms with van der Waals surface area (Å²) in [5, 5.41) is 6.41. The van der Waals surface area contributed by atoms with Gasteiger partial charge in [0.1, 0.15) is 5.75 Å². The SMILES string of the molecule is CC(=O)Nc1nc(C)c(-c2csc(Cc3ccccc3OC(C)C)n2)s1. The van der Waals surface area contributed by atoms with Crippen LogP contribution in [-0.2, 0) is 11.2 Å². The molecule has 0 aliphatic rings. The number of para-hydroxylation sites is 1. The predicted molar refractivity (Wildman–Crippen MR) is 107 cm³/mol. The van der Waals surface area contributed by atoms with Gasteiger partial charge in [0.15, 0.2) is 5.13 Å². The van der Waals surface area contributed by atoms with Crippen molar-refractivity contribution in [2.45, 2.75) is 40.2 Å². The molecule has 0 bridgehead atoms. The zero-order chi connectivity index (χ0) is 18.7. The molecular weight excluding hydrogens is 366 g/mol. The van der Waals surface area contributed by atoms with Gasteiger partial charge in [-0.05, 0) is 26.8 Å². The average Bonchev–Trinajstić information content (AvgIpc) is 3.14. The summed E-state index contributed by atoms with van der Waals surface area (Å²) in [6.07, 6.45) is 0.860. The van der Waals surface area contributed by atoms with E-state index in [0.29, 0.717) is 5.13 Å². The third-order valence-electron chi connectivity index (χ3n) is 3.54. The zero-order valence-electron chi connectivity index (χ0n) is 15.2. The van der Waals surface area contributed by atoms with Crippen LogP contribution in [0.5, 0.6) is 5.75 Å². The van der Waals surface area contributed by atoms with E-state index >= 15 is 0 Å². The third-order valence-corrected chi connectivity index (χ3v) is 5.49. The van der Waals surface area contributed by atoms with Crippen LogP contribution in [0.1, 0.15) is 37.0 Å². The standard InChI is InChI=1S/C19H21N3O2S2/c1-11(2)24-16-8-6-5-7-14(16)9-17-22-15(10-25-17)18-12(3)20-19(26-18)21-13(4)23/h5-8,10-11H,9H2,1-4H3,(H,20,21,23). The lowest BCUT2D eigenvalue weighted by Crippen LogP contribution is -2.07. The molecule has 0 saturated carbocycles. The number of ether oxygens (including phenoxy) is 1. The van der Waals surface area contributed by atoms with E-state index in [1.54, 1.807) is 11.3 Å². The Kier molecular flexibility index (Phi) is 5.68. The van der Waals surface area contributed by atoms with E-state index < -0.39 is 0 Å². The minimum Gasteiger partial charge on any atom is -0.491 e. The van der Waals surface area contributed by atoms with Crippen molar-refractivity contribution >= 4 is 33.7 Å². The summed E-state index contributed by atoms with van der Waals surface area (Å²) in [4.78, 5) is 21.4. The molecule has 26 heavy (non-hydrogen) atoms. The first kappa shape index (κ1) is 18.5. The van der Waals surface area contributed by atoms with Gasteiger partial charge in [-0.3, -0.25) is 4.79 Å². The van der Waals surface area contributed by atoms with Gasteiger partial charge < -0.3 is 10.1 Å². The Morgan fingerprint density at radius 1 is 1.27 bits per heavy atom. The zero-order valence-corrected chi connectivity index (χ0v) is 16.8. The Bertz CT molecular complexity index is 915. The van der Waals surface area contributed by atoms with Gasteiger partial charge in [-0.15, -0.1) is 11.3 Å². The molecule has 0 aliphatic carbocycles. The molecular formula is C19H21N3O2S2. The van der Waals surface area contributed by atoms with Crippen LogP contribution in [0.15, 0.2) is 29.6 Å². The second kappa shape index (κ2) is 7.97. The van der Waals surface area contributed by atoms with Gasteiger partial charge in [0.25, 0.3) is 0 Å². The Morgan fingerprint density at radius 2 is 2.04 bits per heavy atom. The van der Waals surface area contributed by atoms with Crippen LogP contribution < -0.4 is 10.1 Å². The number of benzene rings is 1. The number of thiazole rings is 2. The van der Waals surface area contributed by atoms with Crippen LogP contribution in [0.25, 0.3) is 10.6 Å². The van der Waals surface area contributed by atoms with Gasteiger partial charge in [0.2, 0.25) is 5.91 Å². The molecule has 0 aliphatic heterocycles. The van der Waals surface area contributed by atoms with Gasteiger partial charge in [-0.2, -0.15) is 0 Å². The third kappa shape index (κ3) is 4.47. The molecule has 0 unspecified atom stereocenters. The Hall–Kier alpha value is -2.25. The van der Waals surface area contributed by atoms with Gasteiger partial charge in [0.05, 0.1) is 27.4 Å². The maximum absolute atomic E-state index is 11.2. The van der Waals surface area contributed by atoms with E-state index in [1.807, 2.05) is 44.4 Å². The second-order valence-electron chi connectivity index (χ2n) is 6.19. The number of aromatic nitrogens is 2. The highest BCUT2D eigenvalue weighted by Crippen LogP contribution is 2.34. The van der Waals surface area contributed by atoms with Crippen molar-refractivity contribution in [3.05, 3.63) is 45.9 Å². The first-order valence-electron chi connectivity index (χ1n) is 8.36. The average molecular weight is 388 g/mol. The molecule has 0 fully saturated rings. The summed E-state index contributed by atoms with van der Waals surface area (Å²) in [5.74, 6) is 0.784. The summed E-state index contributed by atoms with van der Waals surface area (Å²) in [5.41, 5.74) is 2.90. The fourth-order valence-corrected chi connectivity index (χ4v) is 4.37. The van der Waals surface area contributed by atoms with Crippen molar-refractivity contribution < 1.29 is 9.53 Å². The van der Waals surface area contributed by atoms with Crippen LogP contribution in [0, 0.1) is 6.92 Å². The lowest BCUT2D eigenvalue weighted by molar-refractivity contribution is -0.114. The van der Waals surface area contributed by atoms with Crippen LogP contribution in [0.3, 0.4) is 0 Å². The highest BCUT2D eigenvalue weighted by atomic mass is 32.1. The summed E-state index contributed by atoms with van der Waals surface area (Å²) >= 11 is 3.07. The van der Waals surface area contributed by atoms with Crippen LogP contribution in [0.4, 0.5) is 5.13 Å². The number of aryl methyl sites for hydroxylation is 1. The van der Waals surface area contributed by atoms with Gasteiger partial charge >= 0.3 is 0 Å². The van der Waals surface area contributed by atoms with Crippen LogP contribution in [-0.4, -0.2) is 22.0 Å². The largest absolute Gasteiger partial charge is 0.491 e. The number of hydrogen-bond donors (Lipinski definition) is 1. The number of carbonyl (C=O) groups excluding carboxylic acids is 1. The first-order chi connectivity index (χ1) is 12.4. The number of hydrogen-bond acceptors (Lipinski definition) is 6. The van der Waals surface area contributed by atoms with Crippen molar-refractivity contribution in [1.82, 2.24) is 9.97 Å². The summed E-state index contributed by atoms with van der Waals surface area (Å²) in [6, 6.07) is 8.07. The fourth-order valence-electron chi connectivity index (χ4n) is 2.52. The Balaban J connectivity index is 1.81. The highest BCUT2D eigenvalue weighted by Gasteiger charge is 2.15. The van der Waals surface area contributed by atoms with E-state index in [1.165, 1.54) is 18.3 Å². The second-order valence-corrected chi connectivity index (χ2v) is 8.13. The molecule has 0 saturated heterocycles. The molecule has 0 spiro atoms. The van der Waals surface area contributed by atoms with Gasteiger partial charge in [0, 0.05) is 24.3 Å². The van der Waals surface area contributed by atoms with Gasteiger partial charge in [-0.25, -0.2) is 9.97 Å². The number of rotatable bonds is 6.